The molecule has 0 amide bonds. The fraction of sp³-hybridized carbons (Fsp3) is 0.0952. The first-order valence-corrected chi connectivity index (χ1v) is 8.75. The molecule has 2 N–H and O–H groups in total. The van der Waals surface area contributed by atoms with Gasteiger partial charge >= 0.3 is 5.97 Å². The maximum atomic E-state index is 11.5. The first kappa shape index (κ1) is 17.2. The molecule has 3 aromatic rings. The number of carboxylic acids is 1. The van der Waals surface area contributed by atoms with E-state index in [2.05, 4.69) is 22.9 Å². The molecule has 0 saturated heterocycles. The number of aryl methyl sites for hydroxylation is 1. The zero-order valence-corrected chi connectivity index (χ0v) is 15.2. The van der Waals surface area contributed by atoms with E-state index in [0.29, 0.717) is 15.6 Å². The zero-order chi connectivity index (χ0) is 18.0. The molecule has 0 aliphatic rings. The normalized spacial score (nSPS) is 10.6. The van der Waals surface area contributed by atoms with Crippen LogP contribution in [0.5, 0.6) is 5.75 Å². The highest BCUT2D eigenvalue weighted by molar-refractivity contribution is 9.10. The highest BCUT2D eigenvalue weighted by atomic mass is 79.9. The van der Waals surface area contributed by atoms with Crippen LogP contribution in [0.1, 0.15) is 22.8 Å². The van der Waals surface area contributed by atoms with Gasteiger partial charge in [0.15, 0.2) is 0 Å². The van der Waals surface area contributed by atoms with E-state index in [1.54, 1.807) is 18.2 Å². The third kappa shape index (κ3) is 3.44. The van der Waals surface area contributed by atoms with Crippen LogP contribution >= 0.6 is 15.9 Å². The Morgan fingerprint density at radius 2 is 1.64 bits per heavy atom. The van der Waals surface area contributed by atoms with Crippen LogP contribution in [0.3, 0.4) is 0 Å². The number of hydrogen-bond donors (Lipinski definition) is 2. The van der Waals surface area contributed by atoms with Crippen molar-refractivity contribution in [2.75, 3.05) is 0 Å². The van der Waals surface area contributed by atoms with E-state index in [0.717, 1.165) is 28.7 Å². The third-order valence-electron chi connectivity index (χ3n) is 4.21. The molecule has 0 bridgehead atoms. The summed E-state index contributed by atoms with van der Waals surface area (Å²) in [6.45, 7) is 2.07. The Morgan fingerprint density at radius 3 is 2.32 bits per heavy atom. The lowest BCUT2D eigenvalue weighted by atomic mass is 9.92. The van der Waals surface area contributed by atoms with Crippen molar-refractivity contribution in [1.82, 2.24) is 0 Å². The van der Waals surface area contributed by atoms with E-state index in [4.69, 9.17) is 0 Å². The van der Waals surface area contributed by atoms with Crippen LogP contribution in [0, 0.1) is 0 Å². The van der Waals surface area contributed by atoms with Crippen LogP contribution in [0.15, 0.2) is 65.1 Å². The van der Waals surface area contributed by atoms with Gasteiger partial charge in [0.1, 0.15) is 5.75 Å². The molecule has 0 saturated carbocycles. The van der Waals surface area contributed by atoms with Crippen LogP contribution in [-0.2, 0) is 6.42 Å². The van der Waals surface area contributed by atoms with Gasteiger partial charge in [-0.1, -0.05) is 49.4 Å². The van der Waals surface area contributed by atoms with E-state index in [1.807, 2.05) is 42.5 Å². The van der Waals surface area contributed by atoms with Gasteiger partial charge in [-0.3, -0.25) is 0 Å². The van der Waals surface area contributed by atoms with E-state index < -0.39 is 5.97 Å². The fourth-order valence-corrected chi connectivity index (χ4v) is 3.31. The standard InChI is InChI=1S/C21H17BrO3/c1-2-13-11-14(17-5-3-4-6-18(17)21(24)25)7-9-16(13)15-8-10-20(23)19(22)12-15/h3-12,23H,2H2,1H3,(H,24,25). The van der Waals surface area contributed by atoms with Gasteiger partial charge in [-0.25, -0.2) is 4.79 Å². The van der Waals surface area contributed by atoms with Gasteiger partial charge in [0.05, 0.1) is 10.0 Å². The molecule has 0 atom stereocenters. The molecular formula is C21H17BrO3. The number of aromatic carboxylic acids is 1. The van der Waals surface area contributed by atoms with E-state index in [-0.39, 0.29) is 5.75 Å². The minimum Gasteiger partial charge on any atom is -0.507 e. The zero-order valence-electron chi connectivity index (χ0n) is 13.7. The van der Waals surface area contributed by atoms with Gasteiger partial charge in [0, 0.05) is 0 Å². The van der Waals surface area contributed by atoms with Crippen LogP contribution in [0.2, 0.25) is 0 Å². The van der Waals surface area contributed by atoms with Gasteiger partial charge in [0.25, 0.3) is 0 Å². The molecule has 0 fully saturated rings. The first-order chi connectivity index (χ1) is 12.0. The molecule has 0 aromatic heterocycles. The molecule has 0 spiro atoms. The summed E-state index contributed by atoms with van der Waals surface area (Å²) < 4.78 is 0.646. The van der Waals surface area contributed by atoms with Gasteiger partial charge in [-0.2, -0.15) is 0 Å². The van der Waals surface area contributed by atoms with Crippen molar-refractivity contribution in [1.29, 1.82) is 0 Å². The largest absolute Gasteiger partial charge is 0.507 e. The quantitative estimate of drug-likeness (QED) is 0.590. The van der Waals surface area contributed by atoms with E-state index in [9.17, 15) is 15.0 Å². The minimum absolute atomic E-state index is 0.203. The number of carbonyl (C=O) groups is 1. The highest BCUT2D eigenvalue weighted by Crippen LogP contribution is 2.34. The highest BCUT2D eigenvalue weighted by Gasteiger charge is 2.13. The predicted molar refractivity (Wildman–Crippen MR) is 103 cm³/mol. The van der Waals surface area contributed by atoms with Crippen LogP contribution in [-0.4, -0.2) is 16.2 Å². The molecular weight excluding hydrogens is 380 g/mol. The summed E-state index contributed by atoms with van der Waals surface area (Å²) in [6.07, 6.45) is 0.816. The lowest BCUT2D eigenvalue weighted by molar-refractivity contribution is 0.0697. The average molecular weight is 397 g/mol. The Labute approximate surface area is 154 Å². The number of phenols is 1. The Kier molecular flexibility index (Phi) is 4.91. The second-order valence-corrected chi connectivity index (χ2v) is 6.60. The molecule has 3 aromatic carbocycles. The van der Waals surface area contributed by atoms with Gasteiger partial charge in [0.2, 0.25) is 0 Å². The van der Waals surface area contributed by atoms with Crippen LogP contribution in [0.4, 0.5) is 0 Å². The van der Waals surface area contributed by atoms with Crippen molar-refractivity contribution in [3.8, 4) is 28.0 Å². The Bertz CT molecular complexity index is 948. The SMILES string of the molecule is CCc1cc(-c2ccccc2C(=O)O)ccc1-c1ccc(O)c(Br)c1. The van der Waals surface area contributed by atoms with Crippen molar-refractivity contribution in [2.45, 2.75) is 13.3 Å². The number of phenolic OH excluding ortho intramolecular Hbond substituents is 1. The number of hydrogen-bond acceptors (Lipinski definition) is 2. The number of halogens is 1. The number of aromatic hydroxyl groups is 1. The lowest BCUT2D eigenvalue weighted by Gasteiger charge is -2.13. The van der Waals surface area contributed by atoms with E-state index >= 15 is 0 Å². The molecule has 0 heterocycles. The van der Waals surface area contributed by atoms with Crippen molar-refractivity contribution in [2.24, 2.45) is 0 Å². The topological polar surface area (TPSA) is 57.5 Å². The third-order valence-corrected chi connectivity index (χ3v) is 4.85. The van der Waals surface area contributed by atoms with Crippen molar-refractivity contribution in [3.05, 3.63) is 76.3 Å². The summed E-state index contributed by atoms with van der Waals surface area (Å²) in [5.41, 5.74) is 5.08. The number of carboxylic acid groups (broad SMARTS) is 1. The first-order valence-electron chi connectivity index (χ1n) is 7.95. The molecule has 3 nitrogen and oxygen atoms in total. The predicted octanol–water partition coefficient (Wildman–Crippen LogP) is 5.75. The van der Waals surface area contributed by atoms with E-state index in [1.165, 1.54) is 0 Å². The smallest absolute Gasteiger partial charge is 0.336 e. The van der Waals surface area contributed by atoms with Crippen LogP contribution < -0.4 is 0 Å². The molecule has 25 heavy (non-hydrogen) atoms. The summed E-state index contributed by atoms with van der Waals surface area (Å²) in [5, 5.41) is 19.1. The summed E-state index contributed by atoms with van der Waals surface area (Å²) >= 11 is 3.35. The summed E-state index contributed by atoms with van der Waals surface area (Å²) in [4.78, 5) is 11.5. The second-order valence-electron chi connectivity index (χ2n) is 5.74. The Morgan fingerprint density at radius 1 is 0.960 bits per heavy atom. The summed E-state index contributed by atoms with van der Waals surface area (Å²) in [5.74, 6) is -0.728. The van der Waals surface area contributed by atoms with Crippen LogP contribution in [0.25, 0.3) is 22.3 Å². The Balaban J connectivity index is 2.12. The Hall–Kier alpha value is -2.59. The van der Waals surface area contributed by atoms with Crippen molar-refractivity contribution in [3.63, 3.8) is 0 Å². The monoisotopic (exact) mass is 396 g/mol. The molecule has 126 valence electrons. The fourth-order valence-electron chi connectivity index (χ4n) is 2.93. The molecule has 0 aliphatic heterocycles. The summed E-state index contributed by atoms with van der Waals surface area (Å²) in [7, 11) is 0. The molecule has 0 aliphatic carbocycles. The maximum Gasteiger partial charge on any atom is 0.336 e. The van der Waals surface area contributed by atoms with Gasteiger partial charge in [-0.05, 0) is 68.4 Å². The number of rotatable bonds is 4. The molecule has 4 heteroatoms. The van der Waals surface area contributed by atoms with Crippen molar-refractivity contribution < 1.29 is 15.0 Å². The maximum absolute atomic E-state index is 11.5. The molecule has 0 radical (unpaired) electrons. The molecule has 0 unspecified atom stereocenters. The molecule has 3 rings (SSSR count). The second kappa shape index (κ2) is 7.11. The average Bonchev–Trinajstić information content (AvgIpc) is 2.63. The van der Waals surface area contributed by atoms with Gasteiger partial charge < -0.3 is 10.2 Å². The van der Waals surface area contributed by atoms with Crippen molar-refractivity contribution >= 4 is 21.9 Å². The van der Waals surface area contributed by atoms with Gasteiger partial charge in [-0.15, -0.1) is 0 Å². The number of benzene rings is 3. The minimum atomic E-state index is -0.930. The lowest BCUT2D eigenvalue weighted by Crippen LogP contribution is -1.99. The summed E-state index contributed by atoms with van der Waals surface area (Å²) in [6, 6.07) is 18.4.